The molecule has 1 rings (SSSR count). The Morgan fingerprint density at radius 2 is 2.15 bits per heavy atom. The summed E-state index contributed by atoms with van der Waals surface area (Å²) in [5.41, 5.74) is 1.28. The molecule has 0 N–H and O–H groups in total. The Balaban J connectivity index is 2.71. The van der Waals surface area contributed by atoms with Gasteiger partial charge < -0.3 is 0 Å². The van der Waals surface area contributed by atoms with E-state index >= 15 is 0 Å². The van der Waals surface area contributed by atoms with Crippen molar-refractivity contribution in [1.29, 1.82) is 0 Å². The normalized spacial score (nSPS) is 28.8. The molecule has 1 nitrogen and oxygen atoms in total. The van der Waals surface area contributed by atoms with E-state index in [4.69, 9.17) is 0 Å². The van der Waals surface area contributed by atoms with E-state index in [9.17, 15) is 4.79 Å². The van der Waals surface area contributed by atoms with E-state index < -0.39 is 0 Å². The van der Waals surface area contributed by atoms with Gasteiger partial charge in [0.05, 0.1) is 0 Å². The molecule has 0 unspecified atom stereocenters. The minimum atomic E-state index is 0.209. The quantitative estimate of drug-likeness (QED) is 0.596. The Morgan fingerprint density at radius 3 is 2.62 bits per heavy atom. The molecule has 0 bridgehead atoms. The third-order valence-corrected chi connectivity index (χ3v) is 3.26. The van der Waals surface area contributed by atoms with Crippen LogP contribution in [0.5, 0.6) is 0 Å². The van der Waals surface area contributed by atoms with Crippen molar-refractivity contribution in [2.45, 2.75) is 40.5 Å². The SMILES string of the molecule is CC(=O)[C@@H]1C[C@@H](C(C)C)CC=C1C. The van der Waals surface area contributed by atoms with Crippen molar-refractivity contribution in [3.05, 3.63) is 11.6 Å². The third-order valence-electron chi connectivity index (χ3n) is 3.26. The molecule has 0 aromatic heterocycles. The van der Waals surface area contributed by atoms with Crippen LogP contribution >= 0.6 is 0 Å². The molecule has 0 radical (unpaired) electrons. The summed E-state index contributed by atoms with van der Waals surface area (Å²) in [6.45, 7) is 8.29. The predicted molar refractivity (Wildman–Crippen MR) is 55.5 cm³/mol. The topological polar surface area (TPSA) is 17.1 Å². The van der Waals surface area contributed by atoms with Crippen LogP contribution in [0.2, 0.25) is 0 Å². The highest BCUT2D eigenvalue weighted by Gasteiger charge is 2.26. The van der Waals surface area contributed by atoms with Crippen molar-refractivity contribution in [1.82, 2.24) is 0 Å². The summed E-state index contributed by atoms with van der Waals surface area (Å²) in [6.07, 6.45) is 4.48. The van der Waals surface area contributed by atoms with Crippen LogP contribution < -0.4 is 0 Å². The summed E-state index contributed by atoms with van der Waals surface area (Å²) in [5.74, 6) is 1.95. The molecule has 74 valence electrons. The predicted octanol–water partition coefficient (Wildman–Crippen LogP) is 3.20. The molecule has 0 saturated heterocycles. The van der Waals surface area contributed by atoms with Gasteiger partial charge in [-0.25, -0.2) is 0 Å². The molecule has 13 heavy (non-hydrogen) atoms. The Bertz CT molecular complexity index is 225. The minimum Gasteiger partial charge on any atom is -0.299 e. The molecule has 0 aromatic rings. The van der Waals surface area contributed by atoms with Crippen molar-refractivity contribution < 1.29 is 4.79 Å². The Morgan fingerprint density at radius 1 is 1.54 bits per heavy atom. The van der Waals surface area contributed by atoms with E-state index in [-0.39, 0.29) is 5.92 Å². The Labute approximate surface area is 81.2 Å². The maximum atomic E-state index is 11.3. The van der Waals surface area contributed by atoms with Crippen LogP contribution in [0.15, 0.2) is 11.6 Å². The number of ketones is 1. The maximum absolute atomic E-state index is 11.3. The van der Waals surface area contributed by atoms with E-state index in [1.54, 1.807) is 6.92 Å². The molecule has 0 amide bonds. The van der Waals surface area contributed by atoms with Crippen LogP contribution in [0.4, 0.5) is 0 Å². The van der Waals surface area contributed by atoms with Gasteiger partial charge in [0, 0.05) is 5.92 Å². The largest absolute Gasteiger partial charge is 0.299 e. The zero-order valence-electron chi connectivity index (χ0n) is 9.13. The van der Waals surface area contributed by atoms with Gasteiger partial charge >= 0.3 is 0 Å². The van der Waals surface area contributed by atoms with Crippen molar-refractivity contribution in [3.63, 3.8) is 0 Å². The van der Waals surface area contributed by atoms with Gasteiger partial charge in [-0.1, -0.05) is 25.5 Å². The van der Waals surface area contributed by atoms with Gasteiger partial charge in [0.1, 0.15) is 5.78 Å². The average Bonchev–Trinajstić information content (AvgIpc) is 2.04. The van der Waals surface area contributed by atoms with Gasteiger partial charge in [-0.15, -0.1) is 0 Å². The standard InChI is InChI=1S/C12H20O/c1-8(2)11-6-5-9(3)12(7-11)10(4)13/h5,8,11-12H,6-7H2,1-4H3/t11-,12+/m0/s1. The Kier molecular flexibility index (Phi) is 3.29. The molecular weight excluding hydrogens is 160 g/mol. The number of carbonyl (C=O) groups is 1. The summed E-state index contributed by atoms with van der Waals surface area (Å²) >= 11 is 0. The molecule has 1 aliphatic rings. The zero-order chi connectivity index (χ0) is 10.0. The summed E-state index contributed by atoms with van der Waals surface area (Å²) in [6, 6.07) is 0. The first-order valence-corrected chi connectivity index (χ1v) is 5.19. The highest BCUT2D eigenvalue weighted by atomic mass is 16.1. The molecule has 0 aliphatic heterocycles. The molecule has 0 fully saturated rings. The first-order chi connectivity index (χ1) is 6.02. The van der Waals surface area contributed by atoms with Crippen LogP contribution in [0.25, 0.3) is 0 Å². The fourth-order valence-corrected chi connectivity index (χ4v) is 2.10. The summed E-state index contributed by atoms with van der Waals surface area (Å²) in [7, 11) is 0. The van der Waals surface area contributed by atoms with Crippen LogP contribution in [0.1, 0.15) is 40.5 Å². The van der Waals surface area contributed by atoms with E-state index in [0.29, 0.717) is 17.6 Å². The van der Waals surface area contributed by atoms with Gasteiger partial charge in [-0.2, -0.15) is 0 Å². The molecule has 0 heterocycles. The monoisotopic (exact) mass is 180 g/mol. The number of hydrogen-bond acceptors (Lipinski definition) is 1. The summed E-state index contributed by atoms with van der Waals surface area (Å²) in [4.78, 5) is 11.3. The first kappa shape index (κ1) is 10.5. The minimum absolute atomic E-state index is 0.209. The van der Waals surface area contributed by atoms with Crippen LogP contribution in [-0.2, 0) is 4.79 Å². The van der Waals surface area contributed by atoms with Gasteiger partial charge in [-0.3, -0.25) is 4.79 Å². The second-order valence-corrected chi connectivity index (χ2v) is 4.59. The first-order valence-electron chi connectivity index (χ1n) is 5.19. The van der Waals surface area contributed by atoms with E-state index in [1.807, 2.05) is 0 Å². The molecule has 1 heteroatoms. The number of hydrogen-bond donors (Lipinski definition) is 0. The van der Waals surface area contributed by atoms with E-state index in [1.165, 1.54) is 5.57 Å². The van der Waals surface area contributed by atoms with Gasteiger partial charge in [0.15, 0.2) is 0 Å². The molecule has 0 spiro atoms. The fraction of sp³-hybridized carbons (Fsp3) is 0.750. The second-order valence-electron chi connectivity index (χ2n) is 4.59. The van der Waals surface area contributed by atoms with Crippen LogP contribution in [0.3, 0.4) is 0 Å². The average molecular weight is 180 g/mol. The third kappa shape index (κ3) is 2.43. The van der Waals surface area contributed by atoms with Crippen molar-refractivity contribution in [2.75, 3.05) is 0 Å². The highest BCUT2D eigenvalue weighted by Crippen LogP contribution is 2.33. The molecule has 0 aromatic carbocycles. The fourth-order valence-electron chi connectivity index (χ4n) is 2.10. The molecular formula is C12H20O. The number of rotatable bonds is 2. The highest BCUT2D eigenvalue weighted by molar-refractivity contribution is 5.81. The maximum Gasteiger partial charge on any atom is 0.136 e. The lowest BCUT2D eigenvalue weighted by molar-refractivity contribution is -0.120. The molecule has 0 saturated carbocycles. The lowest BCUT2D eigenvalue weighted by Gasteiger charge is -2.29. The second kappa shape index (κ2) is 4.08. The smallest absolute Gasteiger partial charge is 0.136 e. The van der Waals surface area contributed by atoms with Crippen LogP contribution in [0, 0.1) is 17.8 Å². The van der Waals surface area contributed by atoms with Gasteiger partial charge in [0.25, 0.3) is 0 Å². The molecule has 2 atom stereocenters. The lowest BCUT2D eigenvalue weighted by Crippen LogP contribution is -2.23. The molecule has 1 aliphatic carbocycles. The van der Waals surface area contributed by atoms with Gasteiger partial charge in [0.2, 0.25) is 0 Å². The van der Waals surface area contributed by atoms with E-state index in [2.05, 4.69) is 26.8 Å². The van der Waals surface area contributed by atoms with Gasteiger partial charge in [-0.05, 0) is 38.5 Å². The number of Topliss-reactive ketones (excluding diaryl/α,β-unsaturated/α-hetero) is 1. The Hall–Kier alpha value is -0.590. The zero-order valence-corrected chi connectivity index (χ0v) is 9.13. The number of carbonyl (C=O) groups excluding carboxylic acids is 1. The lowest BCUT2D eigenvalue weighted by atomic mass is 9.75. The van der Waals surface area contributed by atoms with E-state index in [0.717, 1.165) is 12.8 Å². The van der Waals surface area contributed by atoms with Crippen molar-refractivity contribution in [3.8, 4) is 0 Å². The number of allylic oxidation sites excluding steroid dienone is 2. The summed E-state index contributed by atoms with van der Waals surface area (Å²) in [5, 5.41) is 0. The van der Waals surface area contributed by atoms with Crippen molar-refractivity contribution in [2.24, 2.45) is 17.8 Å². The van der Waals surface area contributed by atoms with Crippen LogP contribution in [-0.4, -0.2) is 5.78 Å². The summed E-state index contributed by atoms with van der Waals surface area (Å²) < 4.78 is 0. The van der Waals surface area contributed by atoms with Crippen molar-refractivity contribution >= 4 is 5.78 Å².